The zero-order chi connectivity index (χ0) is 20.8. The normalized spacial score (nSPS) is 15.2. The van der Waals surface area contributed by atoms with Crippen LogP contribution in [0, 0.1) is 11.3 Å². The van der Waals surface area contributed by atoms with E-state index in [2.05, 4.69) is 70.8 Å². The second-order valence-electron chi connectivity index (χ2n) is 9.97. The van der Waals surface area contributed by atoms with Crippen LogP contribution in [0.3, 0.4) is 0 Å². The van der Waals surface area contributed by atoms with Gasteiger partial charge in [-0.3, -0.25) is 4.99 Å². The van der Waals surface area contributed by atoms with Gasteiger partial charge in [0.25, 0.3) is 0 Å². The lowest BCUT2D eigenvalue weighted by atomic mass is 9.83. The Labute approximate surface area is 166 Å². The van der Waals surface area contributed by atoms with Gasteiger partial charge in [-0.1, -0.05) is 65.8 Å². The van der Waals surface area contributed by atoms with Gasteiger partial charge in [-0.25, -0.2) is 4.79 Å². The standard InChI is InChI=1S/C24H39NO2/c1-17(2)21-12-10-20(11-13-21)14-18(3)15-25-19(4)22(26)27-24(8,9)16-23(5,6)7/h10-13,15,17-19H,14,16H2,1-9H3. The van der Waals surface area contributed by atoms with E-state index >= 15 is 0 Å². The van der Waals surface area contributed by atoms with Gasteiger partial charge in [0.2, 0.25) is 0 Å². The number of ether oxygens (including phenoxy) is 1. The quantitative estimate of drug-likeness (QED) is 0.401. The molecule has 0 radical (unpaired) electrons. The van der Waals surface area contributed by atoms with E-state index in [4.69, 9.17) is 4.74 Å². The van der Waals surface area contributed by atoms with E-state index in [1.165, 1.54) is 11.1 Å². The van der Waals surface area contributed by atoms with Crippen LogP contribution in [0.2, 0.25) is 0 Å². The molecule has 0 aromatic heterocycles. The molecule has 0 amide bonds. The summed E-state index contributed by atoms with van der Waals surface area (Å²) in [6.07, 6.45) is 3.61. The monoisotopic (exact) mass is 373 g/mol. The van der Waals surface area contributed by atoms with Crippen LogP contribution in [-0.2, 0) is 16.0 Å². The van der Waals surface area contributed by atoms with Gasteiger partial charge < -0.3 is 4.74 Å². The molecule has 0 bridgehead atoms. The maximum Gasteiger partial charge on any atom is 0.331 e. The van der Waals surface area contributed by atoms with Crippen molar-refractivity contribution in [3.05, 3.63) is 35.4 Å². The van der Waals surface area contributed by atoms with Gasteiger partial charge >= 0.3 is 5.97 Å². The van der Waals surface area contributed by atoms with Gasteiger partial charge in [0, 0.05) is 6.21 Å². The third-order valence-electron chi connectivity index (χ3n) is 4.44. The van der Waals surface area contributed by atoms with E-state index in [0.29, 0.717) is 5.92 Å². The topological polar surface area (TPSA) is 38.7 Å². The Hall–Kier alpha value is -1.64. The van der Waals surface area contributed by atoms with Crippen molar-refractivity contribution in [2.75, 3.05) is 0 Å². The fraction of sp³-hybridized carbons (Fsp3) is 0.667. The van der Waals surface area contributed by atoms with E-state index in [1.54, 1.807) is 6.92 Å². The van der Waals surface area contributed by atoms with Crippen LogP contribution in [0.1, 0.15) is 85.8 Å². The zero-order valence-corrected chi connectivity index (χ0v) is 18.8. The first-order valence-electron chi connectivity index (χ1n) is 10.1. The van der Waals surface area contributed by atoms with Gasteiger partial charge in [-0.05, 0) is 62.0 Å². The van der Waals surface area contributed by atoms with Crippen molar-refractivity contribution in [3.63, 3.8) is 0 Å². The Kier molecular flexibility index (Phi) is 8.25. The molecular formula is C24H39NO2. The molecule has 0 fully saturated rings. The summed E-state index contributed by atoms with van der Waals surface area (Å²) in [4.78, 5) is 16.8. The van der Waals surface area contributed by atoms with E-state index in [0.717, 1.165) is 12.8 Å². The second kappa shape index (κ2) is 9.52. The molecule has 0 saturated carbocycles. The van der Waals surface area contributed by atoms with Crippen LogP contribution < -0.4 is 0 Å². The summed E-state index contributed by atoms with van der Waals surface area (Å²) in [5, 5.41) is 0. The van der Waals surface area contributed by atoms with Gasteiger partial charge in [-0.15, -0.1) is 0 Å². The van der Waals surface area contributed by atoms with Crippen molar-refractivity contribution in [1.82, 2.24) is 0 Å². The van der Waals surface area contributed by atoms with Crippen molar-refractivity contribution in [3.8, 4) is 0 Å². The minimum absolute atomic E-state index is 0.107. The van der Waals surface area contributed by atoms with Crippen molar-refractivity contribution in [1.29, 1.82) is 0 Å². The summed E-state index contributed by atoms with van der Waals surface area (Å²) in [5.41, 5.74) is 2.27. The molecule has 1 aromatic carbocycles. The van der Waals surface area contributed by atoms with Crippen molar-refractivity contribution in [2.45, 2.75) is 92.7 Å². The van der Waals surface area contributed by atoms with Crippen molar-refractivity contribution in [2.24, 2.45) is 16.3 Å². The van der Waals surface area contributed by atoms with Crippen LogP contribution in [0.5, 0.6) is 0 Å². The molecule has 0 aliphatic carbocycles. The molecule has 2 unspecified atom stereocenters. The van der Waals surface area contributed by atoms with E-state index in [1.807, 2.05) is 20.1 Å². The summed E-state index contributed by atoms with van der Waals surface area (Å²) in [7, 11) is 0. The lowest BCUT2D eigenvalue weighted by Gasteiger charge is -2.32. The lowest BCUT2D eigenvalue weighted by molar-refractivity contribution is -0.159. The Morgan fingerprint density at radius 3 is 2.07 bits per heavy atom. The molecule has 1 rings (SSSR count). The molecule has 1 aromatic rings. The van der Waals surface area contributed by atoms with Crippen LogP contribution in [-0.4, -0.2) is 23.8 Å². The molecule has 2 atom stereocenters. The minimum Gasteiger partial charge on any atom is -0.458 e. The first-order chi connectivity index (χ1) is 12.3. The zero-order valence-electron chi connectivity index (χ0n) is 18.8. The van der Waals surface area contributed by atoms with Gasteiger partial charge in [0.15, 0.2) is 0 Å². The smallest absolute Gasteiger partial charge is 0.331 e. The first kappa shape index (κ1) is 23.4. The highest BCUT2D eigenvalue weighted by atomic mass is 16.6. The third-order valence-corrected chi connectivity index (χ3v) is 4.44. The van der Waals surface area contributed by atoms with Gasteiger partial charge in [-0.2, -0.15) is 0 Å². The summed E-state index contributed by atoms with van der Waals surface area (Å²) in [6.45, 7) is 18.7. The Bertz CT molecular complexity index is 621. The molecule has 0 heterocycles. The van der Waals surface area contributed by atoms with Gasteiger partial charge in [0.05, 0.1) is 0 Å². The van der Waals surface area contributed by atoms with Crippen LogP contribution in [0.15, 0.2) is 29.3 Å². The minimum atomic E-state index is -0.483. The highest BCUT2D eigenvalue weighted by molar-refractivity contribution is 5.78. The number of benzene rings is 1. The number of nitrogens with zero attached hydrogens (tertiary/aromatic N) is 1. The first-order valence-corrected chi connectivity index (χ1v) is 10.1. The fourth-order valence-corrected chi connectivity index (χ4v) is 3.47. The second-order valence-corrected chi connectivity index (χ2v) is 9.97. The highest BCUT2D eigenvalue weighted by Crippen LogP contribution is 2.29. The number of aliphatic imine (C=N–C) groups is 1. The number of carbonyl (C=O) groups is 1. The molecular weight excluding hydrogens is 334 g/mol. The molecule has 0 N–H and O–H groups in total. The largest absolute Gasteiger partial charge is 0.458 e. The maximum atomic E-state index is 12.4. The van der Waals surface area contributed by atoms with E-state index in [9.17, 15) is 4.79 Å². The molecule has 0 spiro atoms. The summed E-state index contributed by atoms with van der Waals surface area (Å²) < 4.78 is 5.71. The van der Waals surface area contributed by atoms with Crippen molar-refractivity contribution < 1.29 is 9.53 Å². The predicted molar refractivity (Wildman–Crippen MR) is 116 cm³/mol. The molecule has 152 valence electrons. The molecule has 0 aliphatic rings. The average molecular weight is 374 g/mol. The van der Waals surface area contributed by atoms with E-state index in [-0.39, 0.29) is 17.3 Å². The van der Waals surface area contributed by atoms with Gasteiger partial charge in [0.1, 0.15) is 11.6 Å². The Morgan fingerprint density at radius 2 is 1.59 bits per heavy atom. The number of hydrogen-bond acceptors (Lipinski definition) is 3. The number of carbonyl (C=O) groups excluding carboxylic acids is 1. The van der Waals surface area contributed by atoms with Crippen LogP contribution >= 0.6 is 0 Å². The molecule has 3 nitrogen and oxygen atoms in total. The molecule has 3 heteroatoms. The van der Waals surface area contributed by atoms with Crippen molar-refractivity contribution >= 4 is 12.2 Å². The van der Waals surface area contributed by atoms with Crippen LogP contribution in [0.4, 0.5) is 0 Å². The Balaban J connectivity index is 2.58. The molecule has 27 heavy (non-hydrogen) atoms. The third kappa shape index (κ3) is 9.21. The fourth-order valence-electron chi connectivity index (χ4n) is 3.47. The molecule has 0 saturated heterocycles. The molecule has 0 aliphatic heterocycles. The Morgan fingerprint density at radius 1 is 1.04 bits per heavy atom. The summed E-state index contributed by atoms with van der Waals surface area (Å²) >= 11 is 0. The average Bonchev–Trinajstić information content (AvgIpc) is 2.50. The summed E-state index contributed by atoms with van der Waals surface area (Å²) in [5.74, 6) is 0.564. The number of hydrogen-bond donors (Lipinski definition) is 0. The number of rotatable bonds is 8. The van der Waals surface area contributed by atoms with Crippen LogP contribution in [0.25, 0.3) is 0 Å². The summed E-state index contributed by atoms with van der Waals surface area (Å²) in [6, 6.07) is 8.29. The van der Waals surface area contributed by atoms with E-state index < -0.39 is 11.6 Å². The highest BCUT2D eigenvalue weighted by Gasteiger charge is 2.30. The predicted octanol–water partition coefficient (Wildman–Crippen LogP) is 6.21. The lowest BCUT2D eigenvalue weighted by Crippen LogP contribution is -2.35. The number of esters is 1. The SMILES string of the molecule is CC(C=NC(C)C(=O)OC(C)(C)CC(C)(C)C)Cc1ccc(C(C)C)cc1. The maximum absolute atomic E-state index is 12.4.